The van der Waals surface area contributed by atoms with Gasteiger partial charge in [-0.15, -0.1) is 0 Å². The summed E-state index contributed by atoms with van der Waals surface area (Å²) in [5, 5.41) is 0. The van der Waals surface area contributed by atoms with Crippen LogP contribution in [0.4, 0.5) is 0 Å². The fourth-order valence-electron chi connectivity index (χ4n) is 2.42. The molecule has 0 N–H and O–H groups in total. The molecule has 0 aromatic heterocycles. The number of allylic oxidation sites excluding steroid dienone is 2. The predicted molar refractivity (Wildman–Crippen MR) is 77.5 cm³/mol. The van der Waals surface area contributed by atoms with Gasteiger partial charge in [-0.3, -0.25) is 4.79 Å². The molecule has 0 aliphatic rings. The third-order valence-electron chi connectivity index (χ3n) is 4.40. The van der Waals surface area contributed by atoms with Gasteiger partial charge in [-0.1, -0.05) is 34.6 Å². The number of hydrogen-bond acceptors (Lipinski definition) is 2. The molecule has 0 bridgehead atoms. The summed E-state index contributed by atoms with van der Waals surface area (Å²) >= 11 is 0. The summed E-state index contributed by atoms with van der Waals surface area (Å²) in [7, 11) is 1.68. The summed E-state index contributed by atoms with van der Waals surface area (Å²) in [4.78, 5) is 12.6. The zero-order chi connectivity index (χ0) is 14.3. The van der Waals surface area contributed by atoms with Gasteiger partial charge in [0, 0.05) is 16.9 Å². The van der Waals surface area contributed by atoms with Crippen LogP contribution in [-0.2, 0) is 9.53 Å². The summed E-state index contributed by atoms with van der Waals surface area (Å²) in [6.45, 7) is 12.4. The SMILES string of the molecule is CCC(CC)/C(OC)=C(\C)C(=O)C(C)(CC)CC. The van der Waals surface area contributed by atoms with Gasteiger partial charge >= 0.3 is 0 Å². The van der Waals surface area contributed by atoms with Crippen molar-refractivity contribution in [3.05, 3.63) is 11.3 Å². The van der Waals surface area contributed by atoms with E-state index in [1.54, 1.807) is 7.11 Å². The lowest BCUT2D eigenvalue weighted by molar-refractivity contribution is -0.124. The third kappa shape index (κ3) is 3.60. The molecule has 0 aliphatic carbocycles. The molecule has 2 heteroatoms. The molecule has 2 nitrogen and oxygen atoms in total. The molecule has 0 aromatic rings. The molecule has 18 heavy (non-hydrogen) atoms. The minimum Gasteiger partial charge on any atom is -0.500 e. The molecule has 0 aliphatic heterocycles. The van der Waals surface area contributed by atoms with Crippen LogP contribution in [-0.4, -0.2) is 12.9 Å². The molecule has 0 aromatic carbocycles. The number of ketones is 1. The summed E-state index contributed by atoms with van der Waals surface area (Å²) in [5.41, 5.74) is 0.567. The number of carbonyl (C=O) groups is 1. The van der Waals surface area contributed by atoms with Crippen LogP contribution in [0.2, 0.25) is 0 Å². The number of ether oxygens (including phenoxy) is 1. The van der Waals surface area contributed by atoms with Crippen molar-refractivity contribution in [2.24, 2.45) is 11.3 Å². The zero-order valence-electron chi connectivity index (χ0n) is 13.2. The molecule has 0 saturated carbocycles. The topological polar surface area (TPSA) is 26.3 Å². The summed E-state index contributed by atoms with van der Waals surface area (Å²) in [6.07, 6.45) is 3.78. The van der Waals surface area contributed by atoms with Crippen molar-refractivity contribution >= 4 is 5.78 Å². The van der Waals surface area contributed by atoms with E-state index in [9.17, 15) is 4.79 Å². The van der Waals surface area contributed by atoms with Crippen LogP contribution in [0.3, 0.4) is 0 Å². The van der Waals surface area contributed by atoms with E-state index < -0.39 is 0 Å². The predicted octanol–water partition coefficient (Wildman–Crippen LogP) is 4.74. The molecule has 0 rings (SSSR count). The van der Waals surface area contributed by atoms with Gasteiger partial charge in [-0.05, 0) is 32.6 Å². The van der Waals surface area contributed by atoms with Crippen molar-refractivity contribution in [3.8, 4) is 0 Å². The second-order valence-corrected chi connectivity index (χ2v) is 5.30. The van der Waals surface area contributed by atoms with E-state index in [1.807, 2.05) is 6.92 Å². The van der Waals surface area contributed by atoms with Gasteiger partial charge in [0.25, 0.3) is 0 Å². The van der Waals surface area contributed by atoms with Crippen molar-refractivity contribution in [2.45, 2.75) is 67.2 Å². The van der Waals surface area contributed by atoms with Gasteiger partial charge in [0.15, 0.2) is 5.78 Å². The Kier molecular flexibility index (Phi) is 7.27. The first kappa shape index (κ1) is 17.2. The van der Waals surface area contributed by atoms with Gasteiger partial charge in [0.05, 0.1) is 7.11 Å². The molecule has 0 unspecified atom stereocenters. The Morgan fingerprint density at radius 3 is 1.83 bits per heavy atom. The standard InChI is InChI=1S/C16H30O2/c1-8-13(9-2)14(18-7)12(5)15(17)16(6,10-3)11-4/h13H,8-11H2,1-7H3/b14-12-. The lowest BCUT2D eigenvalue weighted by Crippen LogP contribution is -2.28. The van der Waals surface area contributed by atoms with Crippen molar-refractivity contribution in [3.63, 3.8) is 0 Å². The molecular formula is C16H30O2. The Morgan fingerprint density at radius 1 is 1.11 bits per heavy atom. The Hall–Kier alpha value is -0.790. The number of Topliss-reactive ketones (excluding diaryl/α,β-unsaturated/α-hetero) is 1. The van der Waals surface area contributed by atoms with E-state index in [4.69, 9.17) is 4.74 Å². The maximum absolute atomic E-state index is 12.6. The van der Waals surface area contributed by atoms with Gasteiger partial charge < -0.3 is 4.74 Å². The molecule has 0 amide bonds. The molecular weight excluding hydrogens is 224 g/mol. The number of hydrogen-bond donors (Lipinski definition) is 0. The first-order valence-electron chi connectivity index (χ1n) is 7.21. The maximum Gasteiger partial charge on any atom is 0.167 e. The largest absolute Gasteiger partial charge is 0.500 e. The second kappa shape index (κ2) is 7.60. The smallest absolute Gasteiger partial charge is 0.167 e. The highest BCUT2D eigenvalue weighted by molar-refractivity contribution is 5.99. The molecule has 0 fully saturated rings. The van der Waals surface area contributed by atoms with Crippen LogP contribution in [0.1, 0.15) is 67.2 Å². The summed E-state index contributed by atoms with van der Waals surface area (Å²) in [5.74, 6) is 1.49. The Morgan fingerprint density at radius 2 is 1.56 bits per heavy atom. The minimum absolute atomic E-state index is 0.247. The molecule has 0 saturated heterocycles. The van der Waals surface area contributed by atoms with Crippen molar-refractivity contribution in [2.75, 3.05) is 7.11 Å². The average molecular weight is 254 g/mol. The Bertz CT molecular complexity index is 294. The van der Waals surface area contributed by atoms with E-state index in [-0.39, 0.29) is 11.2 Å². The first-order chi connectivity index (χ1) is 8.41. The van der Waals surface area contributed by atoms with Gasteiger partial charge in [0.2, 0.25) is 0 Å². The summed E-state index contributed by atoms with van der Waals surface area (Å²) in [6, 6.07) is 0. The van der Waals surface area contributed by atoms with Crippen LogP contribution in [0.25, 0.3) is 0 Å². The third-order valence-corrected chi connectivity index (χ3v) is 4.40. The quantitative estimate of drug-likeness (QED) is 0.462. The first-order valence-corrected chi connectivity index (χ1v) is 7.21. The number of methoxy groups -OCH3 is 1. The van der Waals surface area contributed by atoms with Crippen molar-refractivity contribution < 1.29 is 9.53 Å². The molecule has 0 spiro atoms. The van der Waals surface area contributed by atoms with E-state index in [0.717, 1.165) is 37.0 Å². The monoisotopic (exact) mass is 254 g/mol. The summed E-state index contributed by atoms with van der Waals surface area (Å²) < 4.78 is 5.52. The number of rotatable bonds is 8. The average Bonchev–Trinajstić information content (AvgIpc) is 2.42. The van der Waals surface area contributed by atoms with Crippen LogP contribution >= 0.6 is 0 Å². The second-order valence-electron chi connectivity index (χ2n) is 5.30. The molecule has 0 heterocycles. The Labute approximate surface area is 113 Å². The number of carbonyl (C=O) groups excluding carboxylic acids is 1. The minimum atomic E-state index is -0.250. The highest BCUT2D eigenvalue weighted by Gasteiger charge is 2.32. The fourth-order valence-corrected chi connectivity index (χ4v) is 2.42. The fraction of sp³-hybridized carbons (Fsp3) is 0.812. The van der Waals surface area contributed by atoms with E-state index in [2.05, 4.69) is 34.6 Å². The van der Waals surface area contributed by atoms with E-state index in [0.29, 0.717) is 5.92 Å². The van der Waals surface area contributed by atoms with Crippen LogP contribution in [0.15, 0.2) is 11.3 Å². The van der Waals surface area contributed by atoms with Gasteiger partial charge in [0.1, 0.15) is 5.76 Å². The lowest BCUT2D eigenvalue weighted by Gasteiger charge is -2.27. The van der Waals surface area contributed by atoms with E-state index in [1.165, 1.54) is 0 Å². The molecule has 106 valence electrons. The van der Waals surface area contributed by atoms with Gasteiger partial charge in [-0.25, -0.2) is 0 Å². The molecule has 0 radical (unpaired) electrons. The zero-order valence-corrected chi connectivity index (χ0v) is 13.2. The van der Waals surface area contributed by atoms with Crippen molar-refractivity contribution in [1.82, 2.24) is 0 Å². The van der Waals surface area contributed by atoms with Gasteiger partial charge in [-0.2, -0.15) is 0 Å². The molecule has 0 atom stereocenters. The van der Waals surface area contributed by atoms with Crippen LogP contribution in [0.5, 0.6) is 0 Å². The maximum atomic E-state index is 12.6. The Balaban J connectivity index is 5.41. The lowest BCUT2D eigenvalue weighted by atomic mass is 9.77. The van der Waals surface area contributed by atoms with Crippen LogP contribution < -0.4 is 0 Å². The highest BCUT2D eigenvalue weighted by atomic mass is 16.5. The normalized spacial score (nSPS) is 13.6. The highest BCUT2D eigenvalue weighted by Crippen LogP contribution is 2.33. The van der Waals surface area contributed by atoms with Crippen molar-refractivity contribution in [1.29, 1.82) is 0 Å². The van der Waals surface area contributed by atoms with Crippen LogP contribution in [0, 0.1) is 11.3 Å². The van der Waals surface area contributed by atoms with E-state index >= 15 is 0 Å².